The van der Waals surface area contributed by atoms with Crippen molar-refractivity contribution >= 4 is 17.4 Å². The molecule has 0 spiro atoms. The molecule has 190 valence electrons. The van der Waals surface area contributed by atoms with Crippen molar-refractivity contribution in [1.29, 1.82) is 0 Å². The Morgan fingerprint density at radius 3 is 2.46 bits per heavy atom. The Kier molecular flexibility index (Phi) is 7.30. The molecule has 1 atom stereocenters. The van der Waals surface area contributed by atoms with E-state index in [2.05, 4.69) is 32.3 Å². The van der Waals surface area contributed by atoms with Crippen molar-refractivity contribution in [2.24, 2.45) is 0 Å². The number of benzene rings is 2. The lowest BCUT2D eigenvalue weighted by Crippen LogP contribution is -2.29. The molecule has 37 heavy (non-hydrogen) atoms. The maximum absolute atomic E-state index is 13.4. The molecule has 6 heteroatoms. The number of carbonyl (C=O) groups is 2. The minimum absolute atomic E-state index is 0.0526. The van der Waals surface area contributed by atoms with Gasteiger partial charge in [-0.25, -0.2) is 0 Å². The summed E-state index contributed by atoms with van der Waals surface area (Å²) in [5.41, 5.74) is 3.92. The fraction of sp³-hybridized carbons (Fsp3) is 0.258. The zero-order valence-electron chi connectivity index (χ0n) is 21.7. The Balaban J connectivity index is 1.83. The van der Waals surface area contributed by atoms with Gasteiger partial charge in [0.05, 0.1) is 11.6 Å². The topological polar surface area (TPSA) is 79.7 Å². The van der Waals surface area contributed by atoms with Gasteiger partial charge < -0.3 is 14.7 Å². The summed E-state index contributed by atoms with van der Waals surface area (Å²) in [5.74, 6) is -0.924. The number of aliphatic hydroxyl groups is 1. The van der Waals surface area contributed by atoms with Crippen molar-refractivity contribution in [1.82, 2.24) is 9.88 Å². The summed E-state index contributed by atoms with van der Waals surface area (Å²) < 4.78 is 5.65. The second kappa shape index (κ2) is 10.4. The lowest BCUT2D eigenvalue weighted by Gasteiger charge is -2.26. The van der Waals surface area contributed by atoms with E-state index in [-0.39, 0.29) is 23.3 Å². The van der Waals surface area contributed by atoms with E-state index >= 15 is 0 Å². The third-order valence-electron chi connectivity index (χ3n) is 6.51. The molecule has 0 radical (unpaired) electrons. The average Bonchev–Trinajstić information content (AvgIpc) is 3.12. The molecule has 1 aliphatic heterocycles. The van der Waals surface area contributed by atoms with Crippen LogP contribution in [0.25, 0.3) is 5.76 Å². The quantitative estimate of drug-likeness (QED) is 0.191. The lowest BCUT2D eigenvalue weighted by atomic mass is 9.85. The molecule has 1 saturated heterocycles. The molecule has 6 nitrogen and oxygen atoms in total. The van der Waals surface area contributed by atoms with Gasteiger partial charge in [-0.15, -0.1) is 0 Å². The maximum Gasteiger partial charge on any atom is 0.295 e. The Hall–Kier alpha value is -4.19. The van der Waals surface area contributed by atoms with Crippen LogP contribution < -0.4 is 4.74 Å². The van der Waals surface area contributed by atoms with Crippen molar-refractivity contribution in [3.63, 3.8) is 0 Å². The number of amides is 1. The highest BCUT2D eigenvalue weighted by atomic mass is 16.5. The van der Waals surface area contributed by atoms with Crippen LogP contribution in [0.2, 0.25) is 0 Å². The highest BCUT2D eigenvalue weighted by molar-refractivity contribution is 6.46. The van der Waals surface area contributed by atoms with Crippen molar-refractivity contribution < 1.29 is 19.4 Å². The van der Waals surface area contributed by atoms with Crippen molar-refractivity contribution in [3.05, 3.63) is 113 Å². The first-order valence-electron chi connectivity index (χ1n) is 12.2. The Labute approximate surface area is 217 Å². The van der Waals surface area contributed by atoms with Crippen LogP contribution >= 0.6 is 0 Å². The first-order valence-corrected chi connectivity index (χ1v) is 12.2. The molecule has 0 bridgehead atoms. The van der Waals surface area contributed by atoms with Gasteiger partial charge in [-0.1, -0.05) is 63.8 Å². The summed E-state index contributed by atoms with van der Waals surface area (Å²) in [7, 11) is 0. The van der Waals surface area contributed by atoms with Gasteiger partial charge >= 0.3 is 0 Å². The van der Waals surface area contributed by atoms with E-state index in [0.717, 1.165) is 22.3 Å². The molecule has 1 aliphatic rings. The largest absolute Gasteiger partial charge is 0.507 e. The number of ether oxygens (including phenoxy) is 1. The third kappa shape index (κ3) is 5.33. The number of aromatic nitrogens is 1. The van der Waals surface area contributed by atoms with E-state index in [1.807, 2.05) is 37.3 Å². The van der Waals surface area contributed by atoms with E-state index in [4.69, 9.17) is 4.74 Å². The standard InChI is InChI=1S/C31H32N2O4/c1-6-16-37-25-14-11-23(17-20(25)2)28(34)26-27(22-9-12-24(13-10-22)31(3,4)5)33(30(36)29(26)35)19-21-8-7-15-32-18-21/h6-15,17-18,27,34H,1,16,19H2,2-5H3/b28-26+. The number of aliphatic hydroxyl groups excluding tert-OH is 1. The summed E-state index contributed by atoms with van der Waals surface area (Å²) in [4.78, 5) is 32.3. The molecule has 2 aromatic carbocycles. The molecule has 1 aromatic heterocycles. The number of likely N-dealkylation sites (tertiary alicyclic amines) is 1. The molecular formula is C31H32N2O4. The Morgan fingerprint density at radius 1 is 1.14 bits per heavy atom. The van der Waals surface area contributed by atoms with Crippen LogP contribution in [0.1, 0.15) is 54.6 Å². The predicted molar refractivity (Wildman–Crippen MR) is 144 cm³/mol. The molecular weight excluding hydrogens is 464 g/mol. The first kappa shape index (κ1) is 25.9. The molecule has 4 rings (SSSR count). The fourth-order valence-corrected chi connectivity index (χ4v) is 4.51. The number of nitrogens with zero attached hydrogens (tertiary/aromatic N) is 2. The van der Waals surface area contributed by atoms with Gasteiger partial charge in [0, 0.05) is 24.5 Å². The van der Waals surface area contributed by atoms with Gasteiger partial charge in [-0.2, -0.15) is 0 Å². The summed E-state index contributed by atoms with van der Waals surface area (Å²) >= 11 is 0. The van der Waals surface area contributed by atoms with E-state index in [1.54, 1.807) is 42.7 Å². The van der Waals surface area contributed by atoms with E-state index in [1.165, 1.54) is 4.90 Å². The fourth-order valence-electron chi connectivity index (χ4n) is 4.51. The summed E-state index contributed by atoms with van der Waals surface area (Å²) in [6.45, 7) is 12.4. The van der Waals surface area contributed by atoms with Crippen molar-refractivity contribution in [2.45, 2.75) is 45.7 Å². The van der Waals surface area contributed by atoms with Gasteiger partial charge in [0.2, 0.25) is 0 Å². The Morgan fingerprint density at radius 2 is 1.86 bits per heavy atom. The van der Waals surface area contributed by atoms with E-state index in [0.29, 0.717) is 17.9 Å². The van der Waals surface area contributed by atoms with Gasteiger partial charge in [0.1, 0.15) is 18.1 Å². The average molecular weight is 497 g/mol. The summed E-state index contributed by atoms with van der Waals surface area (Å²) in [5, 5.41) is 11.4. The summed E-state index contributed by atoms with van der Waals surface area (Å²) in [6.07, 6.45) is 4.98. The molecule has 2 heterocycles. The zero-order chi connectivity index (χ0) is 26.7. The number of aryl methyl sites for hydroxylation is 1. The first-order chi connectivity index (χ1) is 17.6. The van der Waals surface area contributed by atoms with Crippen LogP contribution in [0.5, 0.6) is 5.75 Å². The SMILES string of the molecule is C=CCOc1ccc(/C(O)=C2\C(=O)C(=O)N(Cc3cccnc3)C2c2ccc(C(C)(C)C)cc2)cc1C. The number of ketones is 1. The highest BCUT2D eigenvalue weighted by Crippen LogP contribution is 2.41. The molecule has 1 fully saturated rings. The van der Waals surface area contributed by atoms with Crippen LogP contribution in [0.15, 0.2) is 85.2 Å². The molecule has 3 aromatic rings. The predicted octanol–water partition coefficient (Wildman–Crippen LogP) is 5.87. The number of Topliss-reactive ketones (excluding diaryl/α,β-unsaturated/α-hetero) is 1. The third-order valence-corrected chi connectivity index (χ3v) is 6.51. The van der Waals surface area contributed by atoms with Crippen LogP contribution in [0.3, 0.4) is 0 Å². The zero-order valence-corrected chi connectivity index (χ0v) is 21.7. The van der Waals surface area contributed by atoms with Crippen LogP contribution in [-0.4, -0.2) is 33.3 Å². The van der Waals surface area contributed by atoms with Crippen molar-refractivity contribution in [2.75, 3.05) is 6.61 Å². The van der Waals surface area contributed by atoms with Crippen molar-refractivity contribution in [3.8, 4) is 5.75 Å². The van der Waals surface area contributed by atoms with Crippen LogP contribution in [-0.2, 0) is 21.5 Å². The van der Waals surface area contributed by atoms with Gasteiger partial charge in [-0.05, 0) is 58.9 Å². The van der Waals surface area contributed by atoms with Crippen LogP contribution in [0, 0.1) is 6.92 Å². The minimum atomic E-state index is -0.744. The van der Waals surface area contributed by atoms with E-state index < -0.39 is 17.7 Å². The number of rotatable bonds is 7. The Bertz CT molecular complexity index is 1350. The summed E-state index contributed by atoms with van der Waals surface area (Å²) in [6, 6.07) is 16.0. The van der Waals surface area contributed by atoms with Gasteiger partial charge in [0.15, 0.2) is 0 Å². The van der Waals surface area contributed by atoms with Gasteiger partial charge in [-0.3, -0.25) is 14.6 Å². The molecule has 1 unspecified atom stereocenters. The molecule has 1 amide bonds. The van der Waals surface area contributed by atoms with E-state index in [9.17, 15) is 14.7 Å². The maximum atomic E-state index is 13.4. The molecule has 0 saturated carbocycles. The molecule has 0 aliphatic carbocycles. The van der Waals surface area contributed by atoms with Gasteiger partial charge in [0.25, 0.3) is 11.7 Å². The second-order valence-electron chi connectivity index (χ2n) is 10.2. The number of hydrogen-bond acceptors (Lipinski definition) is 5. The second-order valence-corrected chi connectivity index (χ2v) is 10.2. The minimum Gasteiger partial charge on any atom is -0.507 e. The lowest BCUT2D eigenvalue weighted by molar-refractivity contribution is -0.140. The normalized spacial score (nSPS) is 17.2. The highest BCUT2D eigenvalue weighted by Gasteiger charge is 2.46. The van der Waals surface area contributed by atoms with Crippen LogP contribution in [0.4, 0.5) is 0 Å². The monoisotopic (exact) mass is 496 g/mol. The number of pyridine rings is 1. The smallest absolute Gasteiger partial charge is 0.295 e. The number of carbonyl (C=O) groups excluding carboxylic acids is 2. The number of hydrogen-bond donors (Lipinski definition) is 1. The molecule has 1 N–H and O–H groups in total.